The van der Waals surface area contributed by atoms with Crippen LogP contribution < -0.4 is 5.32 Å². The summed E-state index contributed by atoms with van der Waals surface area (Å²) in [5, 5.41) is 4.93. The van der Waals surface area contributed by atoms with Crippen LogP contribution in [-0.2, 0) is 19.9 Å². The van der Waals surface area contributed by atoms with Crippen LogP contribution in [0.15, 0.2) is 41.0 Å². The van der Waals surface area contributed by atoms with Crippen molar-refractivity contribution in [2.75, 3.05) is 25.5 Å². The van der Waals surface area contributed by atoms with Crippen LogP contribution in [0.1, 0.15) is 17.4 Å². The van der Waals surface area contributed by atoms with Crippen LogP contribution in [0.4, 0.5) is 5.69 Å². The number of nitrogens with zero attached hydrogens (tertiary/aromatic N) is 3. The molecule has 136 valence electrons. The molecule has 8 heteroatoms. The number of amidine groups is 1. The summed E-state index contributed by atoms with van der Waals surface area (Å²) in [5.41, 5.74) is 0.317. The number of carbonyl (C=O) groups excluding carboxylic acids is 2. The van der Waals surface area contributed by atoms with Crippen LogP contribution in [-0.4, -0.2) is 47.8 Å². The molecule has 0 saturated carbocycles. The van der Waals surface area contributed by atoms with E-state index in [-0.39, 0.29) is 18.3 Å². The number of ether oxygens (including phenoxy) is 1. The van der Waals surface area contributed by atoms with Crippen LogP contribution in [0.3, 0.4) is 0 Å². The van der Waals surface area contributed by atoms with Crippen molar-refractivity contribution in [3.8, 4) is 0 Å². The number of likely N-dealkylation sites (N-methyl/N-ethyl adjacent to an activating group) is 1. The maximum atomic E-state index is 12.8. The molecular formula is C18H20N4O3S. The predicted molar refractivity (Wildman–Crippen MR) is 100 cm³/mol. The Kier molecular flexibility index (Phi) is 5.03. The molecule has 0 fully saturated rings. The molecule has 0 aliphatic carbocycles. The molecule has 1 aliphatic heterocycles. The Balaban J connectivity index is 2.12. The normalized spacial score (nSPS) is 19.9. The standard InChI is InChI=1S/C18H20N4O3S/c1-4-22-11-18(17(24)25-3,14-6-5-9-26-14)21-15(16(22)23)20-13-10-19-8-7-12(13)2/h5-10H,4,11H2,1-3H3,(H,20,21). The quantitative estimate of drug-likeness (QED) is 0.832. The lowest BCUT2D eigenvalue weighted by Gasteiger charge is -2.37. The SMILES string of the molecule is CCN1CC(C(=O)OC)(c2cccs2)N=C(Nc2cnccc2C)C1=O. The number of thiophene rings is 1. The Bertz CT molecular complexity index is 850. The summed E-state index contributed by atoms with van der Waals surface area (Å²) in [6.07, 6.45) is 3.30. The summed E-state index contributed by atoms with van der Waals surface area (Å²) < 4.78 is 5.05. The molecule has 1 N–H and O–H groups in total. The second kappa shape index (κ2) is 7.25. The van der Waals surface area contributed by atoms with Crippen molar-refractivity contribution in [3.63, 3.8) is 0 Å². The van der Waals surface area contributed by atoms with Gasteiger partial charge in [0.1, 0.15) is 0 Å². The summed E-state index contributed by atoms with van der Waals surface area (Å²) in [6, 6.07) is 5.52. The number of amides is 1. The fourth-order valence-electron chi connectivity index (χ4n) is 2.86. The highest BCUT2D eigenvalue weighted by molar-refractivity contribution is 7.10. The Hall–Kier alpha value is -2.74. The van der Waals surface area contributed by atoms with Crippen molar-refractivity contribution in [3.05, 3.63) is 46.4 Å². The van der Waals surface area contributed by atoms with E-state index >= 15 is 0 Å². The van der Waals surface area contributed by atoms with Crippen molar-refractivity contribution >= 4 is 34.7 Å². The Morgan fingerprint density at radius 1 is 1.46 bits per heavy atom. The number of aromatic nitrogens is 1. The molecule has 1 amide bonds. The zero-order chi connectivity index (χ0) is 18.7. The third-order valence-corrected chi connectivity index (χ3v) is 5.36. The van der Waals surface area contributed by atoms with Gasteiger partial charge in [0, 0.05) is 17.6 Å². The summed E-state index contributed by atoms with van der Waals surface area (Å²) in [5.74, 6) is -0.645. The third-order valence-electron chi connectivity index (χ3n) is 4.34. The number of pyridine rings is 1. The number of esters is 1. The van der Waals surface area contributed by atoms with Crippen LogP contribution in [0, 0.1) is 6.92 Å². The Morgan fingerprint density at radius 2 is 2.27 bits per heavy atom. The van der Waals surface area contributed by atoms with E-state index in [1.165, 1.54) is 18.4 Å². The van der Waals surface area contributed by atoms with Crippen LogP contribution in [0.25, 0.3) is 0 Å². The van der Waals surface area contributed by atoms with Gasteiger partial charge in [-0.25, -0.2) is 9.79 Å². The fourth-order valence-corrected chi connectivity index (χ4v) is 3.71. The first-order valence-corrected chi connectivity index (χ1v) is 9.09. The van der Waals surface area contributed by atoms with Crippen LogP contribution in [0.2, 0.25) is 0 Å². The number of rotatable bonds is 4. The van der Waals surface area contributed by atoms with Gasteiger partial charge in [-0.05, 0) is 36.9 Å². The molecule has 2 aromatic rings. The minimum Gasteiger partial charge on any atom is -0.467 e. The molecule has 0 spiro atoms. The first-order chi connectivity index (χ1) is 12.5. The maximum Gasteiger partial charge on any atom is 0.341 e. The summed E-state index contributed by atoms with van der Waals surface area (Å²) in [6.45, 7) is 4.37. The van der Waals surface area contributed by atoms with Gasteiger partial charge in [-0.3, -0.25) is 9.78 Å². The van der Waals surface area contributed by atoms with Gasteiger partial charge < -0.3 is 15.0 Å². The minimum absolute atomic E-state index is 0.105. The molecule has 7 nitrogen and oxygen atoms in total. The molecule has 1 aliphatic rings. The smallest absolute Gasteiger partial charge is 0.341 e. The highest BCUT2D eigenvalue weighted by atomic mass is 32.1. The number of nitrogens with one attached hydrogen (secondary N) is 1. The van der Waals surface area contributed by atoms with E-state index < -0.39 is 11.5 Å². The van der Waals surface area contributed by atoms with Crippen molar-refractivity contribution in [1.82, 2.24) is 9.88 Å². The topological polar surface area (TPSA) is 83.9 Å². The van der Waals surface area contributed by atoms with E-state index in [9.17, 15) is 9.59 Å². The molecule has 0 aromatic carbocycles. The van der Waals surface area contributed by atoms with Crippen molar-refractivity contribution in [1.29, 1.82) is 0 Å². The molecule has 0 radical (unpaired) electrons. The van der Waals surface area contributed by atoms with Gasteiger partial charge in [0.05, 0.1) is 25.5 Å². The molecule has 1 atom stereocenters. The lowest BCUT2D eigenvalue weighted by Crippen LogP contribution is -2.55. The highest BCUT2D eigenvalue weighted by Gasteiger charge is 2.49. The van der Waals surface area contributed by atoms with E-state index in [1.54, 1.807) is 17.3 Å². The zero-order valence-electron chi connectivity index (χ0n) is 14.9. The number of hydrogen-bond donors (Lipinski definition) is 1. The van der Waals surface area contributed by atoms with Gasteiger partial charge >= 0.3 is 5.97 Å². The molecule has 1 unspecified atom stereocenters. The van der Waals surface area contributed by atoms with Crippen molar-refractivity contribution in [2.45, 2.75) is 19.4 Å². The Morgan fingerprint density at radius 3 is 2.88 bits per heavy atom. The van der Waals surface area contributed by atoms with Crippen molar-refractivity contribution < 1.29 is 14.3 Å². The number of carbonyl (C=O) groups is 2. The number of aliphatic imine (C=N–C) groups is 1. The van der Waals surface area contributed by atoms with E-state index in [1.807, 2.05) is 37.4 Å². The molecule has 0 saturated heterocycles. The first-order valence-electron chi connectivity index (χ1n) is 8.21. The number of aryl methyl sites for hydroxylation is 1. The van der Waals surface area contributed by atoms with E-state index in [4.69, 9.17) is 4.74 Å². The van der Waals surface area contributed by atoms with E-state index in [2.05, 4.69) is 15.3 Å². The average Bonchev–Trinajstić information content (AvgIpc) is 3.20. The van der Waals surface area contributed by atoms with E-state index in [0.717, 1.165) is 10.4 Å². The van der Waals surface area contributed by atoms with Gasteiger partial charge in [0.25, 0.3) is 5.91 Å². The first kappa shape index (κ1) is 18.1. The lowest BCUT2D eigenvalue weighted by molar-refractivity contribution is -0.149. The van der Waals surface area contributed by atoms with Crippen LogP contribution >= 0.6 is 11.3 Å². The van der Waals surface area contributed by atoms with Gasteiger partial charge in [-0.15, -0.1) is 11.3 Å². The summed E-state index contributed by atoms with van der Waals surface area (Å²) >= 11 is 1.41. The number of hydrogen-bond acceptors (Lipinski definition) is 7. The molecule has 26 heavy (non-hydrogen) atoms. The van der Waals surface area contributed by atoms with Gasteiger partial charge in [-0.2, -0.15) is 0 Å². The summed E-state index contributed by atoms with van der Waals surface area (Å²) in [7, 11) is 1.33. The molecule has 3 rings (SSSR count). The van der Waals surface area contributed by atoms with E-state index in [0.29, 0.717) is 12.2 Å². The monoisotopic (exact) mass is 372 g/mol. The van der Waals surface area contributed by atoms with Crippen molar-refractivity contribution in [2.24, 2.45) is 4.99 Å². The lowest BCUT2D eigenvalue weighted by atomic mass is 9.95. The second-order valence-electron chi connectivity index (χ2n) is 5.92. The average molecular weight is 372 g/mol. The molecule has 0 bridgehead atoms. The molecule has 2 aromatic heterocycles. The minimum atomic E-state index is -1.27. The van der Waals surface area contributed by atoms with Gasteiger partial charge in [0.15, 0.2) is 5.84 Å². The largest absolute Gasteiger partial charge is 0.467 e. The van der Waals surface area contributed by atoms with Crippen LogP contribution in [0.5, 0.6) is 0 Å². The second-order valence-corrected chi connectivity index (χ2v) is 6.87. The zero-order valence-corrected chi connectivity index (χ0v) is 15.7. The maximum absolute atomic E-state index is 12.8. The van der Waals surface area contributed by atoms with Gasteiger partial charge in [0.2, 0.25) is 5.54 Å². The highest BCUT2D eigenvalue weighted by Crippen LogP contribution is 2.35. The fraction of sp³-hybridized carbons (Fsp3) is 0.333. The molecule has 3 heterocycles. The Labute approximate surface area is 155 Å². The summed E-state index contributed by atoms with van der Waals surface area (Å²) in [4.78, 5) is 36.5. The third kappa shape index (κ3) is 3.08. The number of methoxy groups -OCH3 is 1. The molecular weight excluding hydrogens is 352 g/mol. The van der Waals surface area contributed by atoms with Gasteiger partial charge in [-0.1, -0.05) is 6.07 Å². The predicted octanol–water partition coefficient (Wildman–Crippen LogP) is 2.19. The number of anilines is 1.